The van der Waals surface area contributed by atoms with Crippen LogP contribution < -0.4 is 5.32 Å². The summed E-state index contributed by atoms with van der Waals surface area (Å²) in [5.74, 6) is -0.389. The second-order valence-electron chi connectivity index (χ2n) is 4.77. The summed E-state index contributed by atoms with van der Waals surface area (Å²) in [6.07, 6.45) is 0.891. The van der Waals surface area contributed by atoms with Crippen molar-refractivity contribution in [3.05, 3.63) is 34.3 Å². The van der Waals surface area contributed by atoms with E-state index in [0.29, 0.717) is 36.0 Å². The first kappa shape index (κ1) is 15.0. The summed E-state index contributed by atoms with van der Waals surface area (Å²) in [6.45, 7) is 1.08. The number of aliphatic hydroxyl groups excluding tert-OH is 1. The van der Waals surface area contributed by atoms with E-state index in [1.165, 1.54) is 0 Å². The van der Waals surface area contributed by atoms with Gasteiger partial charge in [-0.25, -0.2) is 0 Å². The summed E-state index contributed by atoms with van der Waals surface area (Å²) >= 11 is 3.30. The summed E-state index contributed by atoms with van der Waals surface area (Å²) < 4.78 is 0.700. The van der Waals surface area contributed by atoms with Crippen molar-refractivity contribution in [3.63, 3.8) is 0 Å². The minimum absolute atomic E-state index is 0.0176. The summed E-state index contributed by atoms with van der Waals surface area (Å²) in [4.78, 5) is 25.6. The van der Waals surface area contributed by atoms with Gasteiger partial charge in [0, 0.05) is 17.6 Å². The molecule has 2 rings (SSSR count). The van der Waals surface area contributed by atoms with Crippen molar-refractivity contribution in [2.24, 2.45) is 0 Å². The van der Waals surface area contributed by atoms with Crippen LogP contribution in [0, 0.1) is 0 Å². The number of nitrogens with one attached hydrogen (secondary N) is 1. The maximum Gasteiger partial charge on any atom is 0.252 e. The van der Waals surface area contributed by atoms with E-state index in [4.69, 9.17) is 0 Å². The fraction of sp³-hybridized carbons (Fsp3) is 0.429. The van der Waals surface area contributed by atoms with Gasteiger partial charge in [0.25, 0.3) is 5.91 Å². The number of carbonyl (C=O) groups excluding carboxylic acids is 2. The minimum Gasteiger partial charge on any atom is -0.393 e. The van der Waals surface area contributed by atoms with E-state index in [0.717, 1.165) is 0 Å². The fourth-order valence-corrected chi connectivity index (χ4v) is 2.59. The van der Waals surface area contributed by atoms with Gasteiger partial charge >= 0.3 is 0 Å². The zero-order valence-electron chi connectivity index (χ0n) is 11.0. The topological polar surface area (TPSA) is 69.6 Å². The molecule has 1 heterocycles. The molecule has 0 atom stereocenters. The van der Waals surface area contributed by atoms with E-state index in [2.05, 4.69) is 21.2 Å². The molecule has 0 aromatic heterocycles. The number of amides is 2. The third-order valence-corrected chi connectivity index (χ3v) is 4.03. The molecule has 6 heteroatoms. The number of nitrogens with zero attached hydrogens (tertiary/aromatic N) is 1. The van der Waals surface area contributed by atoms with E-state index in [-0.39, 0.29) is 24.5 Å². The van der Waals surface area contributed by atoms with Crippen LogP contribution in [0.4, 0.5) is 0 Å². The lowest BCUT2D eigenvalue weighted by Gasteiger charge is -2.29. The SMILES string of the molecule is O=C(NCC(=O)N1CCC(O)CC1)c1ccccc1Br. The molecule has 1 aliphatic heterocycles. The second-order valence-corrected chi connectivity index (χ2v) is 5.63. The highest BCUT2D eigenvalue weighted by molar-refractivity contribution is 9.10. The molecule has 1 saturated heterocycles. The number of likely N-dealkylation sites (tertiary alicyclic amines) is 1. The van der Waals surface area contributed by atoms with Crippen LogP contribution in [-0.4, -0.2) is 47.6 Å². The number of aliphatic hydroxyl groups is 1. The summed E-state index contributed by atoms with van der Waals surface area (Å²) in [5.41, 5.74) is 0.509. The van der Waals surface area contributed by atoms with Gasteiger partial charge in [-0.05, 0) is 40.9 Å². The van der Waals surface area contributed by atoms with Crippen molar-refractivity contribution in [2.45, 2.75) is 18.9 Å². The number of hydrogen-bond donors (Lipinski definition) is 2. The molecular weight excluding hydrogens is 324 g/mol. The maximum atomic E-state index is 12.0. The van der Waals surface area contributed by atoms with Gasteiger partial charge in [0.1, 0.15) is 0 Å². The van der Waals surface area contributed by atoms with Crippen LogP contribution in [0.3, 0.4) is 0 Å². The average Bonchev–Trinajstić information content (AvgIpc) is 2.45. The first-order chi connectivity index (χ1) is 9.58. The van der Waals surface area contributed by atoms with Gasteiger partial charge in [-0.15, -0.1) is 0 Å². The third-order valence-electron chi connectivity index (χ3n) is 3.34. The Balaban J connectivity index is 1.84. The van der Waals surface area contributed by atoms with Gasteiger partial charge < -0.3 is 15.3 Å². The Labute approximate surface area is 126 Å². The quantitative estimate of drug-likeness (QED) is 0.867. The van der Waals surface area contributed by atoms with Crippen molar-refractivity contribution in [3.8, 4) is 0 Å². The largest absolute Gasteiger partial charge is 0.393 e. The Morgan fingerprint density at radius 3 is 2.60 bits per heavy atom. The number of carbonyl (C=O) groups is 2. The highest BCUT2D eigenvalue weighted by Gasteiger charge is 2.21. The Kier molecular flexibility index (Phi) is 5.14. The Morgan fingerprint density at radius 2 is 1.95 bits per heavy atom. The lowest BCUT2D eigenvalue weighted by Crippen LogP contribution is -2.45. The molecule has 0 saturated carbocycles. The molecule has 1 fully saturated rings. The lowest BCUT2D eigenvalue weighted by atomic mass is 10.1. The van der Waals surface area contributed by atoms with E-state index in [1.54, 1.807) is 23.1 Å². The molecule has 2 amide bonds. The molecule has 5 nitrogen and oxygen atoms in total. The van der Waals surface area contributed by atoms with Crippen molar-refractivity contribution >= 4 is 27.7 Å². The molecule has 0 bridgehead atoms. The predicted octanol–water partition coefficient (Wildman–Crippen LogP) is 1.16. The number of piperidine rings is 1. The summed E-state index contributed by atoms with van der Waals surface area (Å²) in [6, 6.07) is 7.07. The molecule has 0 aliphatic carbocycles. The monoisotopic (exact) mass is 340 g/mol. The second kappa shape index (κ2) is 6.85. The van der Waals surface area contributed by atoms with Crippen LogP contribution >= 0.6 is 15.9 Å². The Hall–Kier alpha value is -1.40. The van der Waals surface area contributed by atoms with E-state index in [1.807, 2.05) is 6.07 Å². The molecule has 2 N–H and O–H groups in total. The highest BCUT2D eigenvalue weighted by Crippen LogP contribution is 2.15. The van der Waals surface area contributed by atoms with Gasteiger partial charge in [0.15, 0.2) is 0 Å². The molecule has 1 aromatic rings. The third kappa shape index (κ3) is 3.80. The molecule has 0 unspecified atom stereocenters. The van der Waals surface area contributed by atoms with Crippen molar-refractivity contribution in [2.75, 3.05) is 19.6 Å². The zero-order chi connectivity index (χ0) is 14.5. The molecule has 20 heavy (non-hydrogen) atoms. The van der Waals surface area contributed by atoms with Gasteiger partial charge in [-0.2, -0.15) is 0 Å². The number of rotatable bonds is 3. The Morgan fingerprint density at radius 1 is 1.30 bits per heavy atom. The molecule has 108 valence electrons. The maximum absolute atomic E-state index is 12.0. The lowest BCUT2D eigenvalue weighted by molar-refractivity contribution is -0.132. The molecule has 1 aliphatic rings. The van der Waals surface area contributed by atoms with Gasteiger partial charge in [0.2, 0.25) is 5.91 Å². The van der Waals surface area contributed by atoms with Crippen LogP contribution in [0.25, 0.3) is 0 Å². The standard InChI is InChI=1S/C14H17BrN2O3/c15-12-4-2-1-3-11(12)14(20)16-9-13(19)17-7-5-10(18)6-8-17/h1-4,10,18H,5-9H2,(H,16,20). The Bertz CT molecular complexity index is 499. The van der Waals surface area contributed by atoms with E-state index < -0.39 is 0 Å². The first-order valence-electron chi connectivity index (χ1n) is 6.56. The van der Waals surface area contributed by atoms with Gasteiger partial charge in [-0.3, -0.25) is 9.59 Å². The van der Waals surface area contributed by atoms with Crippen LogP contribution in [0.1, 0.15) is 23.2 Å². The van der Waals surface area contributed by atoms with Crippen LogP contribution in [-0.2, 0) is 4.79 Å². The number of hydrogen-bond acceptors (Lipinski definition) is 3. The van der Waals surface area contributed by atoms with Crippen LogP contribution in [0.5, 0.6) is 0 Å². The number of benzene rings is 1. The van der Waals surface area contributed by atoms with Crippen LogP contribution in [0.15, 0.2) is 28.7 Å². The number of halogens is 1. The van der Waals surface area contributed by atoms with Crippen LogP contribution in [0.2, 0.25) is 0 Å². The molecule has 0 radical (unpaired) electrons. The van der Waals surface area contributed by atoms with Crippen molar-refractivity contribution in [1.82, 2.24) is 10.2 Å². The molecular formula is C14H17BrN2O3. The minimum atomic E-state index is -0.311. The van der Waals surface area contributed by atoms with Crippen molar-refractivity contribution < 1.29 is 14.7 Å². The summed E-state index contributed by atoms with van der Waals surface area (Å²) in [7, 11) is 0. The predicted molar refractivity (Wildman–Crippen MR) is 78.3 cm³/mol. The van der Waals surface area contributed by atoms with Gasteiger partial charge in [-0.1, -0.05) is 12.1 Å². The normalized spacial score (nSPS) is 16.0. The van der Waals surface area contributed by atoms with Crippen molar-refractivity contribution in [1.29, 1.82) is 0 Å². The average molecular weight is 341 g/mol. The summed E-state index contributed by atoms with van der Waals surface area (Å²) in [5, 5.41) is 12.0. The fourth-order valence-electron chi connectivity index (χ4n) is 2.12. The first-order valence-corrected chi connectivity index (χ1v) is 7.36. The zero-order valence-corrected chi connectivity index (χ0v) is 12.6. The smallest absolute Gasteiger partial charge is 0.252 e. The van der Waals surface area contributed by atoms with E-state index >= 15 is 0 Å². The van der Waals surface area contributed by atoms with Gasteiger partial charge in [0.05, 0.1) is 18.2 Å². The highest BCUT2D eigenvalue weighted by atomic mass is 79.9. The molecule has 0 spiro atoms. The van der Waals surface area contributed by atoms with E-state index in [9.17, 15) is 14.7 Å². The molecule has 1 aromatic carbocycles.